The third kappa shape index (κ3) is 5.09. The van der Waals surface area contributed by atoms with Crippen molar-refractivity contribution >= 4 is 40.8 Å². The summed E-state index contributed by atoms with van der Waals surface area (Å²) in [5.41, 5.74) is 0.698. The number of hydrogen-bond acceptors (Lipinski definition) is 5. The van der Waals surface area contributed by atoms with Crippen molar-refractivity contribution < 1.29 is 4.79 Å². The van der Waals surface area contributed by atoms with Gasteiger partial charge in [0.25, 0.3) is 0 Å². The van der Waals surface area contributed by atoms with Crippen molar-refractivity contribution in [3.05, 3.63) is 41.7 Å². The molecule has 0 bridgehead atoms. The van der Waals surface area contributed by atoms with Gasteiger partial charge in [-0.15, -0.1) is 0 Å². The van der Waals surface area contributed by atoms with Gasteiger partial charge in [-0.1, -0.05) is 29.4 Å². The monoisotopic (exact) mass is 376 g/mol. The lowest BCUT2D eigenvalue weighted by atomic mass is 10.0. The molecule has 1 N–H and O–H groups in total. The van der Waals surface area contributed by atoms with Crippen LogP contribution in [0.3, 0.4) is 0 Å². The predicted molar refractivity (Wildman–Crippen MR) is 103 cm³/mol. The van der Waals surface area contributed by atoms with Gasteiger partial charge in [0.05, 0.1) is 5.75 Å². The van der Waals surface area contributed by atoms with Crippen molar-refractivity contribution in [1.29, 1.82) is 0 Å². The first-order chi connectivity index (χ1) is 12.1. The van der Waals surface area contributed by atoms with Gasteiger partial charge in [-0.3, -0.25) is 4.79 Å². The third-order valence-electron chi connectivity index (χ3n) is 4.18. The van der Waals surface area contributed by atoms with E-state index in [0.717, 1.165) is 17.4 Å². The smallest absolute Gasteiger partial charge is 0.234 e. The molecule has 1 aromatic carbocycles. The van der Waals surface area contributed by atoms with E-state index in [2.05, 4.69) is 27.1 Å². The number of benzene rings is 1. The molecule has 0 unspecified atom stereocenters. The molecule has 3 rings (SSSR count). The molecule has 25 heavy (non-hydrogen) atoms. The van der Waals surface area contributed by atoms with Gasteiger partial charge in [0.1, 0.15) is 17.2 Å². The number of thioether (sulfide) groups is 1. The number of carbonyl (C=O) groups is 1. The van der Waals surface area contributed by atoms with Crippen molar-refractivity contribution in [2.75, 3.05) is 22.5 Å². The zero-order chi connectivity index (χ0) is 17.6. The molecule has 1 amide bonds. The average molecular weight is 377 g/mol. The maximum absolute atomic E-state index is 12.1. The van der Waals surface area contributed by atoms with Crippen LogP contribution in [-0.2, 0) is 4.79 Å². The molecular formula is C18H21ClN4OS. The van der Waals surface area contributed by atoms with Crippen molar-refractivity contribution in [3.63, 3.8) is 0 Å². The number of nitrogens with one attached hydrogen (secondary N) is 1. The summed E-state index contributed by atoms with van der Waals surface area (Å²) in [4.78, 5) is 23.1. The summed E-state index contributed by atoms with van der Waals surface area (Å²) < 4.78 is 0. The molecule has 1 saturated heterocycles. The van der Waals surface area contributed by atoms with E-state index in [0.29, 0.717) is 22.5 Å². The molecule has 5 nitrogen and oxygen atoms in total. The summed E-state index contributed by atoms with van der Waals surface area (Å²) in [5, 5.41) is 4.25. The summed E-state index contributed by atoms with van der Waals surface area (Å²) in [6.07, 6.45) is 5.23. The molecule has 132 valence electrons. The number of hydrogen-bond donors (Lipinski definition) is 1. The fourth-order valence-electron chi connectivity index (χ4n) is 2.91. The molecule has 0 spiro atoms. The van der Waals surface area contributed by atoms with E-state index in [9.17, 15) is 4.79 Å². The zero-order valence-electron chi connectivity index (χ0n) is 14.1. The van der Waals surface area contributed by atoms with Crippen molar-refractivity contribution in [2.45, 2.75) is 37.3 Å². The van der Waals surface area contributed by atoms with Crippen LogP contribution >= 0.6 is 23.4 Å². The Hall–Kier alpha value is -1.79. The van der Waals surface area contributed by atoms with Gasteiger partial charge in [-0.2, -0.15) is 0 Å². The van der Waals surface area contributed by atoms with E-state index < -0.39 is 0 Å². The van der Waals surface area contributed by atoms with E-state index in [1.54, 1.807) is 18.5 Å². The minimum atomic E-state index is -0.0845. The molecule has 1 atom stereocenters. The number of anilines is 2. The molecule has 7 heteroatoms. The highest BCUT2D eigenvalue weighted by Crippen LogP contribution is 2.25. The van der Waals surface area contributed by atoms with Crippen LogP contribution in [0.25, 0.3) is 0 Å². The molecular weight excluding hydrogens is 356 g/mol. The van der Waals surface area contributed by atoms with Crippen molar-refractivity contribution in [3.8, 4) is 0 Å². The topological polar surface area (TPSA) is 58.1 Å². The summed E-state index contributed by atoms with van der Waals surface area (Å²) in [6.45, 7) is 3.25. The lowest BCUT2D eigenvalue weighted by Crippen LogP contribution is -2.38. The highest BCUT2D eigenvalue weighted by Gasteiger charge is 2.20. The first kappa shape index (κ1) is 18.0. The van der Waals surface area contributed by atoms with Gasteiger partial charge in [-0.05, 0) is 44.4 Å². The maximum atomic E-state index is 12.1. The van der Waals surface area contributed by atoms with Crippen LogP contribution in [0.4, 0.5) is 11.5 Å². The standard InChI is InChI=1S/C18H21ClN4OS/c1-13-5-2-3-8-23(13)16-10-18(21-12-20-16)25-11-17(24)22-15-7-4-6-14(19)9-15/h4,6-7,9-10,12-13H,2-3,5,8,11H2,1H3,(H,22,24)/t13-/m1/s1. The molecule has 2 heterocycles. The number of rotatable bonds is 5. The fraction of sp³-hybridized carbons (Fsp3) is 0.389. The van der Waals surface area contributed by atoms with Crippen molar-refractivity contribution in [1.82, 2.24) is 9.97 Å². The van der Waals surface area contributed by atoms with Crippen LogP contribution in [0.1, 0.15) is 26.2 Å². The molecule has 0 radical (unpaired) electrons. The van der Waals surface area contributed by atoms with E-state index in [4.69, 9.17) is 11.6 Å². The normalized spacial score (nSPS) is 17.4. The Bertz CT molecular complexity index is 743. The van der Waals surface area contributed by atoms with Gasteiger partial charge >= 0.3 is 0 Å². The Morgan fingerprint density at radius 1 is 1.36 bits per heavy atom. The van der Waals surface area contributed by atoms with Crippen LogP contribution in [-0.4, -0.2) is 34.2 Å². The Morgan fingerprint density at radius 2 is 2.24 bits per heavy atom. The Morgan fingerprint density at radius 3 is 3.04 bits per heavy atom. The molecule has 1 aliphatic rings. The van der Waals surface area contributed by atoms with Crippen LogP contribution in [0.2, 0.25) is 5.02 Å². The van der Waals surface area contributed by atoms with E-state index in [-0.39, 0.29) is 5.91 Å². The van der Waals surface area contributed by atoms with E-state index in [1.807, 2.05) is 18.2 Å². The van der Waals surface area contributed by atoms with Crippen LogP contribution in [0.5, 0.6) is 0 Å². The number of piperidine rings is 1. The minimum Gasteiger partial charge on any atom is -0.354 e. The van der Waals surface area contributed by atoms with Gasteiger partial charge in [0, 0.05) is 29.4 Å². The molecule has 0 aliphatic carbocycles. The number of nitrogens with zero attached hydrogens (tertiary/aromatic N) is 3. The Balaban J connectivity index is 1.57. The molecule has 1 aromatic heterocycles. The summed E-state index contributed by atoms with van der Waals surface area (Å²) >= 11 is 7.33. The average Bonchev–Trinajstić information content (AvgIpc) is 2.61. The van der Waals surface area contributed by atoms with Crippen LogP contribution in [0.15, 0.2) is 41.7 Å². The predicted octanol–water partition coefficient (Wildman–Crippen LogP) is 4.24. The molecule has 0 saturated carbocycles. The zero-order valence-corrected chi connectivity index (χ0v) is 15.7. The van der Waals surface area contributed by atoms with Gasteiger partial charge in [0.2, 0.25) is 5.91 Å². The van der Waals surface area contributed by atoms with Gasteiger partial charge in [0.15, 0.2) is 0 Å². The first-order valence-corrected chi connectivity index (χ1v) is 9.75. The van der Waals surface area contributed by atoms with Gasteiger partial charge in [-0.25, -0.2) is 9.97 Å². The molecule has 1 aliphatic heterocycles. The first-order valence-electron chi connectivity index (χ1n) is 8.39. The third-order valence-corrected chi connectivity index (χ3v) is 5.34. The van der Waals surface area contributed by atoms with E-state index >= 15 is 0 Å². The maximum Gasteiger partial charge on any atom is 0.234 e. The number of carbonyl (C=O) groups excluding carboxylic acids is 1. The van der Waals surface area contributed by atoms with E-state index in [1.165, 1.54) is 31.0 Å². The van der Waals surface area contributed by atoms with Crippen LogP contribution < -0.4 is 10.2 Å². The second-order valence-corrected chi connectivity index (χ2v) is 7.53. The Labute approximate surface area is 157 Å². The number of aromatic nitrogens is 2. The SMILES string of the molecule is C[C@@H]1CCCCN1c1cc(SCC(=O)Nc2cccc(Cl)c2)ncn1. The summed E-state index contributed by atoms with van der Waals surface area (Å²) in [6, 6.07) is 9.59. The van der Waals surface area contributed by atoms with Crippen molar-refractivity contribution in [2.24, 2.45) is 0 Å². The lowest BCUT2D eigenvalue weighted by Gasteiger charge is -2.34. The Kier molecular flexibility index (Phi) is 6.15. The summed E-state index contributed by atoms with van der Waals surface area (Å²) in [7, 11) is 0. The fourth-order valence-corrected chi connectivity index (χ4v) is 3.76. The second kappa shape index (κ2) is 8.54. The largest absolute Gasteiger partial charge is 0.354 e. The van der Waals surface area contributed by atoms with Gasteiger partial charge < -0.3 is 10.2 Å². The number of amides is 1. The summed E-state index contributed by atoms with van der Waals surface area (Å²) in [5.74, 6) is 1.15. The highest BCUT2D eigenvalue weighted by molar-refractivity contribution is 7.99. The lowest BCUT2D eigenvalue weighted by molar-refractivity contribution is -0.113. The minimum absolute atomic E-state index is 0.0845. The van der Waals surface area contributed by atoms with Crippen LogP contribution in [0, 0.1) is 0 Å². The molecule has 1 fully saturated rings. The quantitative estimate of drug-likeness (QED) is 0.624. The second-order valence-electron chi connectivity index (χ2n) is 6.10. The number of halogens is 1. The highest BCUT2D eigenvalue weighted by atomic mass is 35.5. The molecule has 2 aromatic rings.